The van der Waals surface area contributed by atoms with Gasteiger partial charge in [0, 0.05) is 6.42 Å². The molecule has 3 aromatic carbocycles. The normalized spacial score (nSPS) is 11.0. The molecule has 118 valence electrons. The van der Waals surface area contributed by atoms with E-state index in [1.807, 2.05) is 24.3 Å². The first kappa shape index (κ1) is 14.5. The molecule has 4 aromatic rings. The van der Waals surface area contributed by atoms with E-state index in [1.54, 1.807) is 19.2 Å². The Labute approximate surface area is 138 Å². The summed E-state index contributed by atoms with van der Waals surface area (Å²) in [4.78, 5) is 19.9. The van der Waals surface area contributed by atoms with Crippen molar-refractivity contribution >= 4 is 21.7 Å². The maximum absolute atomic E-state index is 12.4. The molecule has 0 amide bonds. The molecule has 4 rings (SSSR count). The van der Waals surface area contributed by atoms with Gasteiger partial charge in [0.25, 0.3) is 5.56 Å². The van der Waals surface area contributed by atoms with E-state index in [1.165, 1.54) is 10.8 Å². The zero-order valence-electron chi connectivity index (χ0n) is 13.2. The van der Waals surface area contributed by atoms with Crippen molar-refractivity contribution in [1.82, 2.24) is 9.97 Å². The van der Waals surface area contributed by atoms with Crippen molar-refractivity contribution in [3.05, 3.63) is 82.4 Å². The van der Waals surface area contributed by atoms with Crippen LogP contribution in [0.4, 0.5) is 0 Å². The van der Waals surface area contributed by atoms with Crippen LogP contribution in [0.1, 0.15) is 11.4 Å². The second-order valence-electron chi connectivity index (χ2n) is 5.68. The molecular formula is C20H16N2O2. The Morgan fingerprint density at radius 3 is 2.58 bits per heavy atom. The van der Waals surface area contributed by atoms with Gasteiger partial charge in [-0.1, -0.05) is 48.5 Å². The lowest BCUT2D eigenvalue weighted by Crippen LogP contribution is -2.12. The van der Waals surface area contributed by atoms with E-state index in [2.05, 4.69) is 34.2 Å². The maximum Gasteiger partial charge on any atom is 0.258 e. The zero-order valence-corrected chi connectivity index (χ0v) is 13.2. The molecule has 0 saturated carbocycles. The summed E-state index contributed by atoms with van der Waals surface area (Å²) in [5.41, 5.74) is 1.58. The highest BCUT2D eigenvalue weighted by atomic mass is 16.5. The number of methoxy groups -OCH3 is 1. The average molecular weight is 316 g/mol. The van der Waals surface area contributed by atoms with E-state index in [0.717, 1.165) is 5.56 Å². The molecule has 0 atom stereocenters. The van der Waals surface area contributed by atoms with Gasteiger partial charge >= 0.3 is 0 Å². The van der Waals surface area contributed by atoms with Crippen LogP contribution in [0.5, 0.6) is 5.75 Å². The summed E-state index contributed by atoms with van der Waals surface area (Å²) in [6.45, 7) is 0. The first-order valence-electron chi connectivity index (χ1n) is 7.79. The molecule has 0 fully saturated rings. The third kappa shape index (κ3) is 2.42. The number of benzene rings is 3. The molecule has 1 N–H and O–H groups in total. The van der Waals surface area contributed by atoms with E-state index in [-0.39, 0.29) is 5.56 Å². The predicted molar refractivity (Wildman–Crippen MR) is 95.7 cm³/mol. The molecule has 0 unspecified atom stereocenters. The van der Waals surface area contributed by atoms with E-state index in [9.17, 15) is 4.79 Å². The van der Waals surface area contributed by atoms with Crippen LogP contribution >= 0.6 is 0 Å². The van der Waals surface area contributed by atoms with Crippen LogP contribution in [0.25, 0.3) is 21.7 Å². The summed E-state index contributed by atoms with van der Waals surface area (Å²) < 4.78 is 5.34. The summed E-state index contributed by atoms with van der Waals surface area (Å²) in [7, 11) is 1.59. The molecular weight excluding hydrogens is 300 g/mol. The minimum atomic E-state index is -0.144. The van der Waals surface area contributed by atoms with Crippen molar-refractivity contribution in [2.45, 2.75) is 6.42 Å². The van der Waals surface area contributed by atoms with Gasteiger partial charge in [0.05, 0.1) is 12.5 Å². The highest BCUT2D eigenvalue weighted by Gasteiger charge is 2.10. The van der Waals surface area contributed by atoms with Gasteiger partial charge < -0.3 is 9.72 Å². The Balaban J connectivity index is 1.86. The van der Waals surface area contributed by atoms with Crippen LogP contribution in [-0.2, 0) is 6.42 Å². The predicted octanol–water partition coefficient (Wildman–Crippen LogP) is 3.68. The highest BCUT2D eigenvalue weighted by Crippen LogP contribution is 2.23. The van der Waals surface area contributed by atoms with Crippen LogP contribution < -0.4 is 10.3 Å². The number of H-pyrrole nitrogens is 1. The Hall–Kier alpha value is -3.14. The van der Waals surface area contributed by atoms with Crippen LogP contribution in [-0.4, -0.2) is 17.1 Å². The third-order valence-electron chi connectivity index (χ3n) is 4.21. The number of aromatic amines is 1. The molecule has 0 radical (unpaired) electrons. The molecule has 0 aliphatic rings. The SMILES string of the molecule is COc1cccc2c(=O)[nH]c(Cc3cccc4ccccc34)nc12. The summed E-state index contributed by atoms with van der Waals surface area (Å²) in [5, 5.41) is 2.88. The minimum Gasteiger partial charge on any atom is -0.494 e. The first-order chi connectivity index (χ1) is 11.8. The molecule has 1 aromatic heterocycles. The van der Waals surface area contributed by atoms with Crippen molar-refractivity contribution in [2.24, 2.45) is 0 Å². The Morgan fingerprint density at radius 2 is 1.71 bits per heavy atom. The first-order valence-corrected chi connectivity index (χ1v) is 7.79. The van der Waals surface area contributed by atoms with Gasteiger partial charge in [-0.05, 0) is 28.5 Å². The van der Waals surface area contributed by atoms with Crippen LogP contribution in [0, 0.1) is 0 Å². The molecule has 0 aliphatic heterocycles. The maximum atomic E-state index is 12.4. The topological polar surface area (TPSA) is 55.0 Å². The van der Waals surface area contributed by atoms with Crippen molar-refractivity contribution in [3.8, 4) is 5.75 Å². The lowest BCUT2D eigenvalue weighted by molar-refractivity contribution is 0.418. The molecule has 24 heavy (non-hydrogen) atoms. The summed E-state index contributed by atoms with van der Waals surface area (Å²) in [6.07, 6.45) is 0.560. The molecule has 0 bridgehead atoms. The van der Waals surface area contributed by atoms with Gasteiger partial charge in [-0.25, -0.2) is 4.98 Å². The molecule has 0 spiro atoms. The van der Waals surface area contributed by atoms with Gasteiger partial charge in [-0.15, -0.1) is 0 Å². The number of hydrogen-bond donors (Lipinski definition) is 1. The summed E-state index contributed by atoms with van der Waals surface area (Å²) in [6, 6.07) is 19.7. The lowest BCUT2D eigenvalue weighted by atomic mass is 10.0. The average Bonchev–Trinajstić information content (AvgIpc) is 2.62. The number of hydrogen-bond acceptors (Lipinski definition) is 3. The van der Waals surface area contributed by atoms with E-state index >= 15 is 0 Å². The fraction of sp³-hybridized carbons (Fsp3) is 0.100. The van der Waals surface area contributed by atoms with E-state index < -0.39 is 0 Å². The zero-order chi connectivity index (χ0) is 16.5. The number of nitrogens with zero attached hydrogens (tertiary/aromatic N) is 1. The number of para-hydroxylation sites is 1. The van der Waals surface area contributed by atoms with Gasteiger partial charge in [0.2, 0.25) is 0 Å². The number of nitrogens with one attached hydrogen (secondary N) is 1. The van der Waals surface area contributed by atoms with Crippen molar-refractivity contribution in [3.63, 3.8) is 0 Å². The standard InChI is InChI=1S/C20H16N2O2/c1-24-17-11-5-10-16-19(17)21-18(22-20(16)23)12-14-8-4-7-13-6-2-3-9-15(13)14/h2-11H,12H2,1H3,(H,21,22,23). The van der Waals surface area contributed by atoms with E-state index in [0.29, 0.717) is 28.9 Å². The van der Waals surface area contributed by atoms with Crippen molar-refractivity contribution in [2.75, 3.05) is 7.11 Å². The van der Waals surface area contributed by atoms with E-state index in [4.69, 9.17) is 4.74 Å². The molecule has 0 aliphatic carbocycles. The van der Waals surface area contributed by atoms with Gasteiger partial charge in [-0.2, -0.15) is 0 Å². The Morgan fingerprint density at radius 1 is 0.958 bits per heavy atom. The van der Waals surface area contributed by atoms with Gasteiger partial charge in [0.1, 0.15) is 17.1 Å². The van der Waals surface area contributed by atoms with Crippen LogP contribution in [0.15, 0.2) is 65.5 Å². The van der Waals surface area contributed by atoms with Crippen LogP contribution in [0.2, 0.25) is 0 Å². The van der Waals surface area contributed by atoms with Crippen LogP contribution in [0.3, 0.4) is 0 Å². The van der Waals surface area contributed by atoms with Gasteiger partial charge in [-0.3, -0.25) is 4.79 Å². The monoisotopic (exact) mass is 316 g/mol. The highest BCUT2D eigenvalue weighted by molar-refractivity contribution is 5.86. The fourth-order valence-electron chi connectivity index (χ4n) is 3.06. The Bertz CT molecular complexity index is 1090. The summed E-state index contributed by atoms with van der Waals surface area (Å²) in [5.74, 6) is 1.24. The quantitative estimate of drug-likeness (QED) is 0.627. The molecule has 1 heterocycles. The molecule has 4 heteroatoms. The number of aromatic nitrogens is 2. The molecule has 0 saturated heterocycles. The number of fused-ring (bicyclic) bond motifs is 2. The van der Waals surface area contributed by atoms with Crippen molar-refractivity contribution < 1.29 is 4.74 Å². The second-order valence-corrected chi connectivity index (χ2v) is 5.68. The minimum absolute atomic E-state index is 0.144. The van der Waals surface area contributed by atoms with Gasteiger partial charge in [0.15, 0.2) is 0 Å². The third-order valence-corrected chi connectivity index (χ3v) is 4.21. The lowest BCUT2D eigenvalue weighted by Gasteiger charge is -2.08. The molecule has 4 nitrogen and oxygen atoms in total. The Kier molecular flexibility index (Phi) is 3.50. The van der Waals surface area contributed by atoms with Crippen molar-refractivity contribution in [1.29, 1.82) is 0 Å². The smallest absolute Gasteiger partial charge is 0.258 e. The largest absolute Gasteiger partial charge is 0.494 e. The second kappa shape index (κ2) is 5.81. The number of ether oxygens (including phenoxy) is 1. The fourth-order valence-corrected chi connectivity index (χ4v) is 3.06. The summed E-state index contributed by atoms with van der Waals surface area (Å²) >= 11 is 0. The number of rotatable bonds is 3.